The monoisotopic (exact) mass is 462 g/mol. The topological polar surface area (TPSA) is 126 Å². The summed E-state index contributed by atoms with van der Waals surface area (Å²) in [4.78, 5) is 23.9. The number of nitro groups is 1. The van der Waals surface area contributed by atoms with Crippen molar-refractivity contribution in [1.82, 2.24) is 10.6 Å². The van der Waals surface area contributed by atoms with Gasteiger partial charge in [-0.05, 0) is 42.9 Å². The van der Waals surface area contributed by atoms with Gasteiger partial charge in [0, 0.05) is 11.8 Å². The molecule has 4 N–H and O–H groups in total. The minimum Gasteiger partial charge on any atom is -0.500 e. The first-order valence-corrected chi connectivity index (χ1v) is 9.97. The summed E-state index contributed by atoms with van der Waals surface area (Å²) in [6.45, 7) is 5.75. The SMILES string of the molecule is C=C1NC(=S)N[C@H](c2cc(OCC)c(O)c([N+](=O)[O-])c2)[C@H]1C(=O)Nc1ccccc1Cl. The molecule has 0 spiro atoms. The molecular formula is C20H19ClN4O5S. The number of nitrogens with zero attached hydrogens (tertiary/aromatic N) is 1. The fourth-order valence-electron chi connectivity index (χ4n) is 3.24. The number of hydrogen-bond donors (Lipinski definition) is 4. The van der Waals surface area contributed by atoms with Crippen LogP contribution in [0.5, 0.6) is 11.5 Å². The Bertz CT molecular complexity index is 1080. The number of benzene rings is 2. The van der Waals surface area contributed by atoms with Gasteiger partial charge in [-0.25, -0.2) is 0 Å². The molecule has 0 unspecified atom stereocenters. The van der Waals surface area contributed by atoms with Crippen molar-refractivity contribution in [2.75, 3.05) is 11.9 Å². The maximum atomic E-state index is 13.1. The van der Waals surface area contributed by atoms with Crippen LogP contribution >= 0.6 is 23.8 Å². The van der Waals surface area contributed by atoms with Gasteiger partial charge in [0.2, 0.25) is 11.7 Å². The number of amides is 1. The van der Waals surface area contributed by atoms with E-state index in [2.05, 4.69) is 22.5 Å². The summed E-state index contributed by atoms with van der Waals surface area (Å²) in [5, 5.41) is 30.7. The molecule has 0 saturated carbocycles. The number of hydrogen-bond acceptors (Lipinski definition) is 6. The molecule has 1 heterocycles. The van der Waals surface area contributed by atoms with Gasteiger partial charge >= 0.3 is 5.69 Å². The molecule has 0 aromatic heterocycles. The second-order valence-electron chi connectivity index (χ2n) is 6.63. The van der Waals surface area contributed by atoms with Crippen molar-refractivity contribution >= 4 is 46.2 Å². The van der Waals surface area contributed by atoms with Crippen molar-refractivity contribution in [3.05, 3.63) is 69.4 Å². The lowest BCUT2D eigenvalue weighted by Crippen LogP contribution is -2.51. The minimum absolute atomic E-state index is 0.0752. The highest BCUT2D eigenvalue weighted by molar-refractivity contribution is 7.80. The highest BCUT2D eigenvalue weighted by atomic mass is 35.5. The molecule has 0 aliphatic carbocycles. The number of carbonyl (C=O) groups excluding carboxylic acids is 1. The fraction of sp³-hybridized carbons (Fsp3) is 0.200. The zero-order valence-corrected chi connectivity index (χ0v) is 17.9. The van der Waals surface area contributed by atoms with Gasteiger partial charge in [0.15, 0.2) is 10.9 Å². The van der Waals surface area contributed by atoms with Crippen LogP contribution in [0.1, 0.15) is 18.5 Å². The van der Waals surface area contributed by atoms with Crippen molar-refractivity contribution in [3.8, 4) is 11.5 Å². The summed E-state index contributed by atoms with van der Waals surface area (Å²) in [5.74, 6) is -2.04. The number of phenolic OH excluding ortho intramolecular Hbond substituents is 1. The lowest BCUT2D eigenvalue weighted by molar-refractivity contribution is -0.386. The van der Waals surface area contributed by atoms with Crippen LogP contribution < -0.4 is 20.7 Å². The molecule has 3 rings (SSSR count). The fourth-order valence-corrected chi connectivity index (χ4v) is 3.68. The van der Waals surface area contributed by atoms with Gasteiger partial charge in [-0.1, -0.05) is 30.3 Å². The van der Waals surface area contributed by atoms with Gasteiger partial charge in [0.25, 0.3) is 0 Å². The molecule has 1 fully saturated rings. The molecule has 1 saturated heterocycles. The van der Waals surface area contributed by atoms with Crippen LogP contribution in [0.25, 0.3) is 0 Å². The summed E-state index contributed by atoms with van der Waals surface area (Å²) in [6.07, 6.45) is 0. The van der Waals surface area contributed by atoms with E-state index in [1.165, 1.54) is 12.1 Å². The van der Waals surface area contributed by atoms with Gasteiger partial charge in [0.1, 0.15) is 5.92 Å². The average molecular weight is 463 g/mol. The Balaban J connectivity index is 2.05. The quantitative estimate of drug-likeness (QED) is 0.291. The Morgan fingerprint density at radius 2 is 2.13 bits per heavy atom. The molecule has 2 atom stereocenters. The maximum absolute atomic E-state index is 13.1. The number of aromatic hydroxyl groups is 1. The molecule has 0 radical (unpaired) electrons. The number of nitro benzene ring substituents is 1. The van der Waals surface area contributed by atoms with E-state index in [0.717, 1.165) is 0 Å². The number of ether oxygens (including phenoxy) is 1. The van der Waals surface area contributed by atoms with Gasteiger partial charge in [-0.15, -0.1) is 0 Å². The Morgan fingerprint density at radius 3 is 2.77 bits per heavy atom. The first kappa shape index (κ1) is 22.3. The van der Waals surface area contributed by atoms with Crippen molar-refractivity contribution in [2.24, 2.45) is 5.92 Å². The summed E-state index contributed by atoms with van der Waals surface area (Å²) in [7, 11) is 0. The number of para-hydroxylation sites is 1. The first-order chi connectivity index (χ1) is 14.7. The maximum Gasteiger partial charge on any atom is 0.315 e. The molecule has 1 amide bonds. The van der Waals surface area contributed by atoms with E-state index in [0.29, 0.717) is 22.0 Å². The third-order valence-electron chi connectivity index (χ3n) is 4.62. The second kappa shape index (κ2) is 9.19. The van der Waals surface area contributed by atoms with E-state index in [4.69, 9.17) is 28.6 Å². The van der Waals surface area contributed by atoms with E-state index in [-0.39, 0.29) is 17.5 Å². The summed E-state index contributed by atoms with van der Waals surface area (Å²) < 4.78 is 5.35. The smallest absolute Gasteiger partial charge is 0.315 e. The van der Waals surface area contributed by atoms with Gasteiger partial charge < -0.3 is 25.8 Å². The molecule has 1 aliphatic heterocycles. The number of nitrogens with one attached hydrogen (secondary N) is 3. The lowest BCUT2D eigenvalue weighted by Gasteiger charge is -2.35. The van der Waals surface area contributed by atoms with E-state index in [1.54, 1.807) is 31.2 Å². The number of thiocarbonyl (C=S) groups is 1. The number of halogens is 1. The molecule has 11 heteroatoms. The third kappa shape index (κ3) is 4.70. The molecule has 162 valence electrons. The first-order valence-electron chi connectivity index (χ1n) is 9.18. The van der Waals surface area contributed by atoms with Crippen LogP contribution in [0.3, 0.4) is 0 Å². The van der Waals surface area contributed by atoms with E-state index in [1.807, 2.05) is 0 Å². The number of carbonyl (C=O) groups is 1. The van der Waals surface area contributed by atoms with Crippen LogP contribution in [0.15, 0.2) is 48.7 Å². The number of rotatable bonds is 6. The van der Waals surface area contributed by atoms with Crippen molar-refractivity contribution in [3.63, 3.8) is 0 Å². The third-order valence-corrected chi connectivity index (χ3v) is 5.17. The molecule has 1 aliphatic rings. The molecule has 2 aromatic carbocycles. The van der Waals surface area contributed by atoms with Gasteiger partial charge in [-0.3, -0.25) is 14.9 Å². The number of phenols is 1. The Labute approximate surface area is 188 Å². The zero-order valence-electron chi connectivity index (χ0n) is 16.3. The molecule has 31 heavy (non-hydrogen) atoms. The summed E-state index contributed by atoms with van der Waals surface area (Å²) >= 11 is 11.3. The zero-order chi connectivity index (χ0) is 22.7. The largest absolute Gasteiger partial charge is 0.500 e. The predicted molar refractivity (Wildman–Crippen MR) is 120 cm³/mol. The van der Waals surface area contributed by atoms with Gasteiger partial charge in [0.05, 0.1) is 28.3 Å². The Hall–Kier alpha value is -3.37. The molecule has 0 bridgehead atoms. The highest BCUT2D eigenvalue weighted by Gasteiger charge is 2.38. The molecule has 9 nitrogen and oxygen atoms in total. The number of anilines is 1. The minimum atomic E-state index is -0.915. The second-order valence-corrected chi connectivity index (χ2v) is 7.44. The van der Waals surface area contributed by atoms with E-state index >= 15 is 0 Å². The average Bonchev–Trinajstić information content (AvgIpc) is 2.70. The standard InChI is InChI=1S/C20H19ClN4O5S/c1-3-30-15-9-11(8-14(18(15)26)25(28)29)17-16(10(2)22-20(31)24-17)19(27)23-13-7-5-4-6-12(13)21/h4-9,16-17,26H,2-3H2,1H3,(H,23,27)(H2,22,24,31)/t16-,17+/m0/s1. The van der Waals surface area contributed by atoms with Crippen LogP contribution in [0.4, 0.5) is 11.4 Å². The van der Waals surface area contributed by atoms with E-state index < -0.39 is 34.2 Å². The molecule has 2 aromatic rings. The van der Waals surface area contributed by atoms with Crippen LogP contribution in [0.2, 0.25) is 5.02 Å². The molecular weight excluding hydrogens is 444 g/mol. The van der Waals surface area contributed by atoms with Crippen molar-refractivity contribution < 1.29 is 19.6 Å². The van der Waals surface area contributed by atoms with Crippen molar-refractivity contribution in [2.45, 2.75) is 13.0 Å². The summed E-state index contributed by atoms with van der Waals surface area (Å²) in [6, 6.07) is 8.51. The van der Waals surface area contributed by atoms with Crippen LogP contribution in [-0.4, -0.2) is 27.7 Å². The van der Waals surface area contributed by atoms with Crippen LogP contribution in [-0.2, 0) is 4.79 Å². The summed E-state index contributed by atoms with van der Waals surface area (Å²) in [5.41, 5.74) is 0.466. The van der Waals surface area contributed by atoms with Crippen LogP contribution in [0, 0.1) is 16.0 Å². The predicted octanol–water partition coefficient (Wildman–Crippen LogP) is 3.64. The Kier molecular flexibility index (Phi) is 6.62. The normalized spacial score (nSPS) is 18.0. The van der Waals surface area contributed by atoms with E-state index in [9.17, 15) is 20.0 Å². The Morgan fingerprint density at radius 1 is 1.42 bits per heavy atom. The van der Waals surface area contributed by atoms with Gasteiger partial charge in [-0.2, -0.15) is 0 Å². The lowest BCUT2D eigenvalue weighted by atomic mass is 9.87. The van der Waals surface area contributed by atoms with Crippen molar-refractivity contribution in [1.29, 1.82) is 0 Å². The highest BCUT2D eigenvalue weighted by Crippen LogP contribution is 2.41.